The molecule has 1 fully saturated rings. The Balaban J connectivity index is 1.76. The second-order valence-electron chi connectivity index (χ2n) is 8.08. The first kappa shape index (κ1) is 22.8. The Morgan fingerprint density at radius 1 is 1.21 bits per heavy atom. The average molecular weight is 473 g/mol. The van der Waals surface area contributed by atoms with Gasteiger partial charge in [-0.2, -0.15) is 18.4 Å². The van der Waals surface area contributed by atoms with Crippen molar-refractivity contribution >= 4 is 40.7 Å². The molecule has 2 aromatic carbocycles. The van der Waals surface area contributed by atoms with Crippen molar-refractivity contribution in [2.24, 2.45) is 0 Å². The monoisotopic (exact) mass is 473 g/mol. The molecule has 0 saturated carbocycles. The van der Waals surface area contributed by atoms with Gasteiger partial charge in [-0.05, 0) is 68.5 Å². The van der Waals surface area contributed by atoms with E-state index in [1.165, 1.54) is 12.1 Å². The van der Waals surface area contributed by atoms with Crippen LogP contribution in [0.3, 0.4) is 0 Å². The van der Waals surface area contributed by atoms with E-state index in [2.05, 4.69) is 0 Å². The summed E-state index contributed by atoms with van der Waals surface area (Å²) in [4.78, 5) is 15.9. The Hall–Kier alpha value is -3.42. The number of hydrogen-bond acceptors (Lipinski definition) is 5. The van der Waals surface area contributed by atoms with Gasteiger partial charge in [0.15, 0.2) is 5.11 Å². The molecule has 1 N–H and O–H groups in total. The van der Waals surface area contributed by atoms with Crippen molar-refractivity contribution in [1.29, 1.82) is 5.26 Å². The van der Waals surface area contributed by atoms with Gasteiger partial charge in [-0.25, -0.2) is 0 Å². The zero-order valence-electron chi connectivity index (χ0n) is 17.6. The third-order valence-corrected chi connectivity index (χ3v) is 5.92. The first-order valence-corrected chi connectivity index (χ1v) is 10.3. The lowest BCUT2D eigenvalue weighted by atomic mass is 10.0. The largest absolute Gasteiger partial charge is 0.483 e. The van der Waals surface area contributed by atoms with Gasteiger partial charge in [-0.15, -0.1) is 0 Å². The molecule has 0 aromatic heterocycles. The highest BCUT2D eigenvalue weighted by atomic mass is 32.1. The number of carbonyl (C=O) groups excluding carboxylic acids is 1. The summed E-state index contributed by atoms with van der Waals surface area (Å²) in [7, 11) is 0. The number of rotatable bonds is 3. The lowest BCUT2D eigenvalue weighted by Crippen LogP contribution is -2.44. The van der Waals surface area contributed by atoms with Gasteiger partial charge in [0.25, 0.3) is 5.91 Å². The van der Waals surface area contributed by atoms with E-state index < -0.39 is 34.9 Å². The van der Waals surface area contributed by atoms with Crippen LogP contribution in [0.25, 0.3) is 6.08 Å². The van der Waals surface area contributed by atoms with Crippen LogP contribution in [0.5, 0.6) is 5.75 Å². The van der Waals surface area contributed by atoms with Crippen LogP contribution in [0.2, 0.25) is 0 Å². The number of hydrogen-bond donors (Lipinski definition) is 1. The topological polar surface area (TPSA) is 76.8 Å². The minimum atomic E-state index is -4.77. The number of halogens is 3. The lowest BCUT2D eigenvalue weighted by Gasteiger charge is -2.30. The molecule has 1 saturated heterocycles. The fraction of sp³-hybridized carbons (Fsp3) is 0.261. The molecule has 0 aliphatic carbocycles. The maximum absolute atomic E-state index is 13.5. The summed E-state index contributed by atoms with van der Waals surface area (Å²) in [5.74, 6) is 0.0449. The van der Waals surface area contributed by atoms with Crippen LogP contribution in [-0.4, -0.2) is 34.4 Å². The zero-order valence-corrected chi connectivity index (χ0v) is 18.4. The van der Waals surface area contributed by atoms with Crippen molar-refractivity contribution in [3.8, 4) is 11.8 Å². The Kier molecular flexibility index (Phi) is 5.42. The van der Waals surface area contributed by atoms with Crippen LogP contribution in [-0.2, 0) is 11.0 Å². The minimum Gasteiger partial charge on any atom is -0.483 e. The van der Waals surface area contributed by atoms with Crippen LogP contribution < -0.4 is 14.5 Å². The number of thiocarbonyl (C=S) groups is 1. The van der Waals surface area contributed by atoms with Crippen molar-refractivity contribution in [2.45, 2.75) is 31.7 Å². The maximum Gasteiger partial charge on any atom is 0.417 e. The minimum absolute atomic E-state index is 0.0109. The second kappa shape index (κ2) is 7.86. The van der Waals surface area contributed by atoms with Crippen LogP contribution >= 0.6 is 12.2 Å². The zero-order chi connectivity index (χ0) is 24.1. The van der Waals surface area contributed by atoms with Gasteiger partial charge < -0.3 is 14.7 Å². The van der Waals surface area contributed by atoms with E-state index in [0.29, 0.717) is 17.0 Å². The molecule has 1 amide bonds. The molecule has 0 unspecified atom stereocenters. The molecule has 4 rings (SSSR count). The van der Waals surface area contributed by atoms with E-state index in [4.69, 9.17) is 22.2 Å². The lowest BCUT2D eigenvalue weighted by molar-refractivity contribution is -0.137. The van der Waals surface area contributed by atoms with Gasteiger partial charge in [0, 0.05) is 11.3 Å². The third-order valence-electron chi connectivity index (χ3n) is 5.56. The number of aliphatic hydroxyl groups excluding tert-OH is 1. The van der Waals surface area contributed by atoms with E-state index >= 15 is 0 Å². The summed E-state index contributed by atoms with van der Waals surface area (Å²) in [5.41, 5.74) is -1.67. The standard InChI is InChI=1S/C23H18F3N3O3S/c1-22(2)20(31)28(15-5-3-14(11-27)18(10-15)23(24,25)26)21(33)29(22)16-6-8-19-13(9-16)4-7-17(12-30)32-19/h3-10,17,30H,12H2,1-2H3/t17-/m0/s1. The van der Waals surface area contributed by atoms with Crippen molar-refractivity contribution in [2.75, 3.05) is 16.4 Å². The first-order chi connectivity index (χ1) is 15.5. The van der Waals surface area contributed by atoms with Gasteiger partial charge in [0.1, 0.15) is 17.4 Å². The normalized spacial score (nSPS) is 19.4. The number of nitriles is 1. The number of amides is 1. The fourth-order valence-electron chi connectivity index (χ4n) is 3.88. The molecule has 0 spiro atoms. The molecule has 2 aliphatic rings. The summed E-state index contributed by atoms with van der Waals surface area (Å²) in [6, 6.07) is 9.73. The highest BCUT2D eigenvalue weighted by Gasteiger charge is 2.50. The molecule has 0 bridgehead atoms. The van der Waals surface area contributed by atoms with Gasteiger partial charge in [0.2, 0.25) is 0 Å². The molecule has 2 aromatic rings. The first-order valence-electron chi connectivity index (χ1n) is 9.89. The quantitative estimate of drug-likeness (QED) is 0.672. The molecule has 10 heteroatoms. The number of ether oxygens (including phenoxy) is 1. The van der Waals surface area contributed by atoms with Crippen LogP contribution in [0.1, 0.15) is 30.5 Å². The Morgan fingerprint density at radius 2 is 1.91 bits per heavy atom. The van der Waals surface area contributed by atoms with Gasteiger partial charge in [-0.1, -0.05) is 6.08 Å². The number of fused-ring (bicyclic) bond motifs is 1. The number of aliphatic hydroxyl groups is 1. The number of benzene rings is 2. The highest BCUT2D eigenvalue weighted by molar-refractivity contribution is 7.81. The van der Waals surface area contributed by atoms with Crippen molar-refractivity contribution < 1.29 is 27.8 Å². The molecule has 6 nitrogen and oxygen atoms in total. The van der Waals surface area contributed by atoms with E-state index in [9.17, 15) is 23.1 Å². The van der Waals surface area contributed by atoms with Crippen LogP contribution in [0, 0.1) is 11.3 Å². The molecular weight excluding hydrogens is 455 g/mol. The van der Waals surface area contributed by atoms with Crippen molar-refractivity contribution in [1.82, 2.24) is 0 Å². The fourth-order valence-corrected chi connectivity index (χ4v) is 4.41. The molecule has 2 heterocycles. The van der Waals surface area contributed by atoms with E-state index in [-0.39, 0.29) is 17.4 Å². The maximum atomic E-state index is 13.5. The summed E-state index contributed by atoms with van der Waals surface area (Å²) < 4.78 is 46.1. The Morgan fingerprint density at radius 3 is 2.55 bits per heavy atom. The molecular formula is C23H18F3N3O3S. The van der Waals surface area contributed by atoms with Crippen molar-refractivity contribution in [3.63, 3.8) is 0 Å². The SMILES string of the molecule is CC1(C)C(=O)N(c2ccc(C#N)c(C(F)(F)F)c2)C(=S)N1c1ccc2c(c1)C=C[C@@H](CO)O2. The predicted molar refractivity (Wildman–Crippen MR) is 120 cm³/mol. The van der Waals surface area contributed by atoms with Crippen LogP contribution in [0.4, 0.5) is 24.5 Å². The van der Waals surface area contributed by atoms with Crippen LogP contribution in [0.15, 0.2) is 42.5 Å². The van der Waals surface area contributed by atoms with E-state index in [1.807, 2.05) is 0 Å². The second-order valence-corrected chi connectivity index (χ2v) is 8.44. The molecule has 0 radical (unpaired) electrons. The number of carbonyl (C=O) groups is 1. The Labute approximate surface area is 193 Å². The van der Waals surface area contributed by atoms with Crippen molar-refractivity contribution in [3.05, 3.63) is 59.2 Å². The summed E-state index contributed by atoms with van der Waals surface area (Å²) >= 11 is 5.54. The third kappa shape index (κ3) is 3.73. The molecule has 33 heavy (non-hydrogen) atoms. The smallest absolute Gasteiger partial charge is 0.417 e. The number of alkyl halides is 3. The summed E-state index contributed by atoms with van der Waals surface area (Å²) in [5, 5.41) is 18.3. The molecule has 1 atom stereocenters. The Bertz CT molecular complexity index is 1230. The highest BCUT2D eigenvalue weighted by Crippen LogP contribution is 2.41. The molecule has 170 valence electrons. The summed E-state index contributed by atoms with van der Waals surface area (Å²) in [6.45, 7) is 3.09. The van der Waals surface area contributed by atoms with E-state index in [0.717, 1.165) is 17.0 Å². The average Bonchev–Trinajstić information content (AvgIpc) is 2.95. The number of nitrogens with zero attached hydrogens (tertiary/aromatic N) is 3. The van der Waals surface area contributed by atoms with Gasteiger partial charge in [0.05, 0.1) is 29.5 Å². The van der Waals surface area contributed by atoms with Gasteiger partial charge >= 0.3 is 6.18 Å². The van der Waals surface area contributed by atoms with Gasteiger partial charge in [-0.3, -0.25) is 9.69 Å². The summed E-state index contributed by atoms with van der Waals surface area (Å²) in [6.07, 6.45) is -1.74. The number of anilines is 2. The molecule has 2 aliphatic heterocycles. The van der Waals surface area contributed by atoms with E-state index in [1.54, 1.807) is 49.1 Å². The predicted octanol–water partition coefficient (Wildman–Crippen LogP) is 4.26.